The lowest BCUT2D eigenvalue weighted by molar-refractivity contribution is 0.0818. The molecule has 0 unspecified atom stereocenters. The van der Waals surface area contributed by atoms with Crippen molar-refractivity contribution in [3.8, 4) is 17.2 Å². The van der Waals surface area contributed by atoms with Crippen molar-refractivity contribution < 1.29 is 23.0 Å². The first-order valence-corrected chi connectivity index (χ1v) is 8.47. The van der Waals surface area contributed by atoms with E-state index in [1.54, 1.807) is 25.2 Å². The largest absolute Gasteiger partial charge is 0.488 e. The number of halogens is 3. The molecule has 0 fully saturated rings. The molecule has 1 aliphatic heterocycles. The van der Waals surface area contributed by atoms with Crippen molar-refractivity contribution in [2.75, 3.05) is 20.4 Å². The van der Waals surface area contributed by atoms with Crippen LogP contribution < -0.4 is 24.8 Å². The summed E-state index contributed by atoms with van der Waals surface area (Å²) in [6.45, 7) is 0.672. The van der Waals surface area contributed by atoms with E-state index in [9.17, 15) is 8.78 Å². The van der Waals surface area contributed by atoms with Crippen LogP contribution in [-0.2, 0) is 13.1 Å². The Balaban J connectivity index is 0.00000280. The lowest BCUT2D eigenvalue weighted by Crippen LogP contribution is -2.36. The lowest BCUT2D eigenvalue weighted by Gasteiger charge is -2.13. The number of hydrogen-bond donors (Lipinski definition) is 2. The number of nitrogens with one attached hydrogen (secondary N) is 2. The van der Waals surface area contributed by atoms with Crippen LogP contribution in [0.2, 0.25) is 0 Å². The highest BCUT2D eigenvalue weighted by molar-refractivity contribution is 14.0. The summed E-state index contributed by atoms with van der Waals surface area (Å²) in [5, 5.41) is 6.39. The van der Waals surface area contributed by atoms with Gasteiger partial charge >= 0.3 is 0 Å². The average Bonchev–Trinajstić information content (AvgIpc) is 3.14. The van der Waals surface area contributed by atoms with Crippen molar-refractivity contribution in [2.45, 2.75) is 19.5 Å². The van der Waals surface area contributed by atoms with Crippen LogP contribution in [0.15, 0.2) is 47.5 Å². The van der Waals surface area contributed by atoms with Crippen LogP contribution in [0.5, 0.6) is 17.2 Å². The van der Waals surface area contributed by atoms with Gasteiger partial charge in [0, 0.05) is 20.1 Å². The van der Waals surface area contributed by atoms with Gasteiger partial charge in [0.2, 0.25) is 6.79 Å². The molecule has 0 bridgehead atoms. The van der Waals surface area contributed by atoms with E-state index in [0.29, 0.717) is 24.8 Å². The average molecular weight is 505 g/mol. The quantitative estimate of drug-likeness (QED) is 0.343. The number of aliphatic imine (C=N–C) groups is 1. The molecule has 0 radical (unpaired) electrons. The fraction of sp³-hybridized carbons (Fsp3) is 0.316. The zero-order chi connectivity index (χ0) is 19.1. The van der Waals surface area contributed by atoms with E-state index in [0.717, 1.165) is 22.6 Å². The number of guanidine groups is 1. The molecule has 28 heavy (non-hydrogen) atoms. The van der Waals surface area contributed by atoms with E-state index in [2.05, 4.69) is 15.6 Å². The van der Waals surface area contributed by atoms with Crippen molar-refractivity contribution in [3.05, 3.63) is 53.6 Å². The van der Waals surface area contributed by atoms with Crippen molar-refractivity contribution >= 4 is 29.9 Å². The molecule has 9 heteroatoms. The Morgan fingerprint density at radius 1 is 1.07 bits per heavy atom. The third-order valence-electron chi connectivity index (χ3n) is 3.85. The second-order valence-electron chi connectivity index (χ2n) is 5.82. The fourth-order valence-electron chi connectivity index (χ4n) is 2.55. The maximum absolute atomic E-state index is 12.2. The maximum Gasteiger partial charge on any atom is 0.272 e. The smallest absolute Gasteiger partial charge is 0.272 e. The second-order valence-corrected chi connectivity index (χ2v) is 5.82. The van der Waals surface area contributed by atoms with Gasteiger partial charge in [0.15, 0.2) is 17.5 Å². The zero-order valence-electron chi connectivity index (χ0n) is 15.3. The molecular weight excluding hydrogens is 483 g/mol. The molecule has 2 N–H and O–H groups in total. The van der Waals surface area contributed by atoms with Gasteiger partial charge in [0.25, 0.3) is 6.43 Å². The van der Waals surface area contributed by atoms with Crippen LogP contribution in [0.1, 0.15) is 11.1 Å². The second kappa shape index (κ2) is 10.9. The number of rotatable bonds is 7. The summed E-state index contributed by atoms with van der Waals surface area (Å²) in [6, 6.07) is 12.8. The molecule has 0 amide bonds. The van der Waals surface area contributed by atoms with Gasteiger partial charge in [-0.3, -0.25) is 4.99 Å². The van der Waals surface area contributed by atoms with Gasteiger partial charge in [0.1, 0.15) is 12.4 Å². The van der Waals surface area contributed by atoms with E-state index in [-0.39, 0.29) is 30.8 Å². The number of benzene rings is 2. The molecule has 0 spiro atoms. The standard InChI is InChI=1S/C19H21F2N3O3.HI/c1-22-19(24-10-14-5-6-16-17(8-14)27-12-26-16)23-9-13-3-2-4-15(7-13)25-11-18(20)21;/h2-8,18H,9-12H2,1H3,(H2,22,23,24);1H. The highest BCUT2D eigenvalue weighted by atomic mass is 127. The summed E-state index contributed by atoms with van der Waals surface area (Å²) in [6.07, 6.45) is -2.49. The molecule has 152 valence electrons. The summed E-state index contributed by atoms with van der Waals surface area (Å²) < 4.78 is 40.2. The van der Waals surface area contributed by atoms with Crippen molar-refractivity contribution in [3.63, 3.8) is 0 Å². The molecule has 1 heterocycles. The molecule has 0 aromatic heterocycles. The maximum atomic E-state index is 12.2. The van der Waals surface area contributed by atoms with E-state index >= 15 is 0 Å². The van der Waals surface area contributed by atoms with Crippen LogP contribution in [0.4, 0.5) is 8.78 Å². The first-order chi connectivity index (χ1) is 13.1. The fourth-order valence-corrected chi connectivity index (χ4v) is 2.55. The van der Waals surface area contributed by atoms with E-state index in [4.69, 9.17) is 14.2 Å². The monoisotopic (exact) mass is 505 g/mol. The third-order valence-corrected chi connectivity index (χ3v) is 3.85. The molecule has 1 aliphatic rings. The number of hydrogen-bond acceptors (Lipinski definition) is 4. The van der Waals surface area contributed by atoms with E-state index in [1.165, 1.54) is 0 Å². The number of ether oxygens (including phenoxy) is 3. The first-order valence-electron chi connectivity index (χ1n) is 8.47. The summed E-state index contributed by atoms with van der Waals surface area (Å²) in [5.41, 5.74) is 1.93. The van der Waals surface area contributed by atoms with Gasteiger partial charge in [-0.25, -0.2) is 8.78 Å². The highest BCUT2D eigenvalue weighted by Gasteiger charge is 2.13. The molecule has 0 aliphatic carbocycles. The summed E-state index contributed by atoms with van der Waals surface area (Å²) >= 11 is 0. The van der Waals surface area contributed by atoms with E-state index < -0.39 is 13.0 Å². The minimum atomic E-state index is -2.49. The van der Waals surface area contributed by atoms with Gasteiger partial charge in [-0.15, -0.1) is 24.0 Å². The molecule has 0 saturated carbocycles. The van der Waals surface area contributed by atoms with Crippen LogP contribution in [0, 0.1) is 0 Å². The normalized spacial score (nSPS) is 12.5. The Labute approximate surface area is 179 Å². The Bertz CT molecular complexity index is 806. The van der Waals surface area contributed by atoms with E-state index in [1.807, 2.05) is 24.3 Å². The SMILES string of the molecule is CN=C(NCc1cccc(OCC(F)F)c1)NCc1ccc2c(c1)OCO2.I. The molecule has 6 nitrogen and oxygen atoms in total. The van der Waals surface area contributed by atoms with Crippen LogP contribution in [-0.4, -0.2) is 32.8 Å². The number of alkyl halides is 2. The lowest BCUT2D eigenvalue weighted by atomic mass is 10.2. The molecular formula is C19H22F2IN3O3. The summed E-state index contributed by atoms with van der Waals surface area (Å²) in [4.78, 5) is 4.18. The van der Waals surface area contributed by atoms with Crippen molar-refractivity contribution in [1.29, 1.82) is 0 Å². The van der Waals surface area contributed by atoms with Gasteiger partial charge < -0.3 is 24.8 Å². The Morgan fingerprint density at radius 2 is 1.79 bits per heavy atom. The molecule has 2 aromatic rings. The molecule has 0 atom stereocenters. The molecule has 3 rings (SSSR count). The zero-order valence-corrected chi connectivity index (χ0v) is 17.6. The predicted octanol–water partition coefficient (Wildman–Crippen LogP) is 3.54. The number of nitrogens with zero attached hydrogens (tertiary/aromatic N) is 1. The minimum Gasteiger partial charge on any atom is -0.488 e. The van der Waals surface area contributed by atoms with Gasteiger partial charge in [-0.2, -0.15) is 0 Å². The Hall–Kier alpha value is -2.30. The molecule has 0 saturated heterocycles. The van der Waals surface area contributed by atoms with Crippen molar-refractivity contribution in [2.24, 2.45) is 4.99 Å². The number of fused-ring (bicyclic) bond motifs is 1. The van der Waals surface area contributed by atoms with Crippen LogP contribution in [0.25, 0.3) is 0 Å². The van der Waals surface area contributed by atoms with Crippen molar-refractivity contribution in [1.82, 2.24) is 10.6 Å². The van der Waals surface area contributed by atoms with Gasteiger partial charge in [-0.1, -0.05) is 18.2 Å². The van der Waals surface area contributed by atoms with Gasteiger partial charge in [0.05, 0.1) is 0 Å². The molecule has 2 aromatic carbocycles. The topological polar surface area (TPSA) is 64.1 Å². The van der Waals surface area contributed by atoms with Gasteiger partial charge in [-0.05, 0) is 35.4 Å². The summed E-state index contributed by atoms with van der Waals surface area (Å²) in [5.74, 6) is 2.51. The first kappa shape index (κ1) is 22.0. The van der Waals surface area contributed by atoms with Crippen LogP contribution >= 0.6 is 24.0 Å². The Kier molecular flexibility index (Phi) is 8.55. The predicted molar refractivity (Wildman–Crippen MR) is 113 cm³/mol. The Morgan fingerprint density at radius 3 is 2.50 bits per heavy atom. The third kappa shape index (κ3) is 6.39. The summed E-state index contributed by atoms with van der Waals surface area (Å²) in [7, 11) is 1.68. The highest BCUT2D eigenvalue weighted by Crippen LogP contribution is 2.32. The minimum absolute atomic E-state index is 0. The van der Waals surface area contributed by atoms with Crippen LogP contribution in [0.3, 0.4) is 0 Å².